The highest BCUT2D eigenvalue weighted by molar-refractivity contribution is 6.33. The fourth-order valence-corrected chi connectivity index (χ4v) is 6.17. The van der Waals surface area contributed by atoms with Crippen LogP contribution in [-0.2, 0) is 0 Å². The van der Waals surface area contributed by atoms with E-state index in [0.717, 1.165) is 16.8 Å². The van der Waals surface area contributed by atoms with Gasteiger partial charge in [-0.3, -0.25) is 0 Å². The van der Waals surface area contributed by atoms with Crippen LogP contribution in [0.25, 0.3) is 76.7 Å². The lowest BCUT2D eigenvalue weighted by atomic mass is 9.89. The Balaban J connectivity index is 1.39. The van der Waals surface area contributed by atoms with E-state index >= 15 is 0 Å². The lowest BCUT2D eigenvalue weighted by molar-refractivity contribution is 1.43. The second-order valence-electron chi connectivity index (χ2n) is 10.3. The minimum absolute atomic E-state index is 1.02. The zero-order valence-corrected chi connectivity index (χ0v) is 21.9. The third kappa shape index (κ3) is 3.60. The summed E-state index contributed by atoms with van der Waals surface area (Å²) in [5, 5.41) is 8.72. The summed E-state index contributed by atoms with van der Waals surface area (Å²) in [5.41, 5.74) is 8.00. The third-order valence-electron chi connectivity index (χ3n) is 8.04. The lowest BCUT2D eigenvalue weighted by Crippen LogP contribution is -1.93. The van der Waals surface area contributed by atoms with Gasteiger partial charge in [0, 0.05) is 21.7 Å². The molecule has 186 valence electrons. The van der Waals surface area contributed by atoms with Crippen molar-refractivity contribution in [3.05, 3.63) is 152 Å². The average Bonchev–Trinajstić information content (AvgIpc) is 3.05. The Morgan fingerprint density at radius 1 is 0.300 bits per heavy atom. The van der Waals surface area contributed by atoms with E-state index in [1.165, 1.54) is 60.0 Å². The molecule has 7 aromatic carbocycles. The molecule has 0 spiro atoms. The largest absolute Gasteiger partial charge is 0.247 e. The van der Waals surface area contributed by atoms with Gasteiger partial charge in [0.05, 0.1) is 11.2 Å². The highest BCUT2D eigenvalue weighted by atomic mass is 14.7. The maximum Gasteiger partial charge on any atom is 0.0794 e. The number of fused-ring (bicyclic) bond motifs is 8. The summed E-state index contributed by atoms with van der Waals surface area (Å²) < 4.78 is 0. The van der Waals surface area contributed by atoms with Gasteiger partial charge in [0.15, 0.2) is 0 Å². The maximum atomic E-state index is 5.32. The van der Waals surface area contributed by atoms with Crippen LogP contribution in [0.2, 0.25) is 0 Å². The molecule has 0 fully saturated rings. The van der Waals surface area contributed by atoms with Crippen LogP contribution in [0.4, 0.5) is 0 Å². The molecule has 0 aliphatic heterocycles. The van der Waals surface area contributed by atoms with Crippen LogP contribution in [0.15, 0.2) is 152 Å². The first-order valence-corrected chi connectivity index (χ1v) is 13.7. The van der Waals surface area contributed by atoms with Crippen LogP contribution in [0, 0.1) is 0 Å². The quantitative estimate of drug-likeness (QED) is 0.217. The number of nitrogens with zero attached hydrogens (tertiary/aromatic N) is 1. The molecular weight excluding hydrogens is 482 g/mol. The van der Waals surface area contributed by atoms with Crippen molar-refractivity contribution in [2.24, 2.45) is 0 Å². The molecule has 1 nitrogen and oxygen atoms in total. The van der Waals surface area contributed by atoms with Gasteiger partial charge in [-0.1, -0.05) is 140 Å². The van der Waals surface area contributed by atoms with Gasteiger partial charge in [0.2, 0.25) is 0 Å². The van der Waals surface area contributed by atoms with E-state index in [1.54, 1.807) is 0 Å². The van der Waals surface area contributed by atoms with Gasteiger partial charge < -0.3 is 0 Å². The molecule has 1 heteroatoms. The fourth-order valence-electron chi connectivity index (χ4n) is 6.17. The van der Waals surface area contributed by atoms with Crippen molar-refractivity contribution >= 4 is 43.2 Å². The summed E-state index contributed by atoms with van der Waals surface area (Å²) in [6, 6.07) is 54.3. The topological polar surface area (TPSA) is 12.9 Å². The standard InChI is InChI=1S/C39H25N/c1-2-11-26(12-3-1)27-21-23-28(24-22-27)29-13-10-14-30(25-29)39-38-34-18-7-5-16-32(34)31-15-4-6-17-33(31)37(38)35-19-8-9-20-36(35)40-39/h1-25H. The summed E-state index contributed by atoms with van der Waals surface area (Å²) in [4.78, 5) is 5.32. The van der Waals surface area contributed by atoms with Crippen LogP contribution < -0.4 is 0 Å². The van der Waals surface area contributed by atoms with E-state index < -0.39 is 0 Å². The minimum atomic E-state index is 1.02. The molecule has 0 atom stereocenters. The Morgan fingerprint density at radius 2 is 0.775 bits per heavy atom. The first kappa shape index (κ1) is 22.7. The van der Waals surface area contributed by atoms with E-state index in [1.807, 2.05) is 0 Å². The lowest BCUT2D eigenvalue weighted by Gasteiger charge is -2.16. The van der Waals surface area contributed by atoms with E-state index in [9.17, 15) is 0 Å². The molecule has 0 saturated carbocycles. The predicted octanol–water partition coefficient (Wildman–Crippen LogP) is 10.7. The number of benzene rings is 7. The number of hydrogen-bond donors (Lipinski definition) is 0. The van der Waals surface area contributed by atoms with Gasteiger partial charge in [-0.05, 0) is 55.9 Å². The molecule has 0 radical (unpaired) electrons. The first-order valence-electron chi connectivity index (χ1n) is 13.7. The average molecular weight is 508 g/mol. The van der Waals surface area contributed by atoms with E-state index in [2.05, 4.69) is 152 Å². The molecule has 0 aliphatic carbocycles. The minimum Gasteiger partial charge on any atom is -0.247 e. The number of hydrogen-bond acceptors (Lipinski definition) is 1. The molecule has 0 aliphatic rings. The number of para-hydroxylation sites is 1. The molecule has 0 saturated heterocycles. The van der Waals surface area contributed by atoms with Crippen LogP contribution in [0.1, 0.15) is 0 Å². The van der Waals surface area contributed by atoms with Gasteiger partial charge in [-0.15, -0.1) is 0 Å². The highest BCUT2D eigenvalue weighted by Gasteiger charge is 2.17. The Hall–Kier alpha value is -5.27. The molecule has 0 amide bonds. The highest BCUT2D eigenvalue weighted by Crippen LogP contribution is 2.43. The van der Waals surface area contributed by atoms with Crippen LogP contribution in [-0.4, -0.2) is 4.98 Å². The second kappa shape index (κ2) is 9.18. The Bertz CT molecular complexity index is 2190. The fraction of sp³-hybridized carbons (Fsp3) is 0. The molecule has 0 unspecified atom stereocenters. The Labute approximate surface area is 233 Å². The maximum absolute atomic E-state index is 5.32. The second-order valence-corrected chi connectivity index (χ2v) is 10.3. The van der Waals surface area contributed by atoms with Gasteiger partial charge in [-0.25, -0.2) is 4.98 Å². The Kier molecular flexibility index (Phi) is 5.21. The zero-order chi connectivity index (χ0) is 26.5. The van der Waals surface area contributed by atoms with Crippen molar-refractivity contribution in [2.75, 3.05) is 0 Å². The van der Waals surface area contributed by atoms with Gasteiger partial charge in [-0.2, -0.15) is 0 Å². The van der Waals surface area contributed by atoms with E-state index in [4.69, 9.17) is 4.98 Å². The summed E-state index contributed by atoms with van der Waals surface area (Å²) in [6.45, 7) is 0. The van der Waals surface area contributed by atoms with Crippen LogP contribution >= 0.6 is 0 Å². The first-order chi connectivity index (χ1) is 19.8. The summed E-state index contributed by atoms with van der Waals surface area (Å²) in [6.07, 6.45) is 0. The molecule has 0 bridgehead atoms. The van der Waals surface area contributed by atoms with Gasteiger partial charge in [0.1, 0.15) is 0 Å². The third-order valence-corrected chi connectivity index (χ3v) is 8.04. The number of pyridine rings is 1. The monoisotopic (exact) mass is 507 g/mol. The molecule has 0 N–H and O–H groups in total. The van der Waals surface area contributed by atoms with Crippen molar-refractivity contribution in [1.82, 2.24) is 4.98 Å². The SMILES string of the molecule is c1ccc(-c2ccc(-c3cccc(-c4nc5ccccc5c5c6ccccc6c6ccccc6c45)c3)cc2)cc1. The van der Waals surface area contributed by atoms with Crippen LogP contribution in [0.3, 0.4) is 0 Å². The molecular formula is C39H25N. The number of aromatic nitrogens is 1. The van der Waals surface area contributed by atoms with Crippen molar-refractivity contribution in [2.45, 2.75) is 0 Å². The summed E-state index contributed by atoms with van der Waals surface area (Å²) in [5.74, 6) is 0. The molecule has 8 aromatic rings. The summed E-state index contributed by atoms with van der Waals surface area (Å²) >= 11 is 0. The molecule has 8 rings (SSSR count). The molecule has 1 heterocycles. The normalized spacial score (nSPS) is 11.5. The van der Waals surface area contributed by atoms with Crippen molar-refractivity contribution < 1.29 is 0 Å². The number of rotatable bonds is 3. The van der Waals surface area contributed by atoms with Gasteiger partial charge >= 0.3 is 0 Å². The zero-order valence-electron chi connectivity index (χ0n) is 21.9. The van der Waals surface area contributed by atoms with Crippen molar-refractivity contribution in [3.8, 4) is 33.5 Å². The van der Waals surface area contributed by atoms with Crippen molar-refractivity contribution in [3.63, 3.8) is 0 Å². The Morgan fingerprint density at radius 3 is 1.48 bits per heavy atom. The van der Waals surface area contributed by atoms with Gasteiger partial charge in [0.25, 0.3) is 0 Å². The smallest absolute Gasteiger partial charge is 0.0794 e. The van der Waals surface area contributed by atoms with E-state index in [0.29, 0.717) is 0 Å². The molecule has 1 aromatic heterocycles. The molecule has 40 heavy (non-hydrogen) atoms. The summed E-state index contributed by atoms with van der Waals surface area (Å²) in [7, 11) is 0. The van der Waals surface area contributed by atoms with E-state index in [-0.39, 0.29) is 0 Å². The van der Waals surface area contributed by atoms with Crippen molar-refractivity contribution in [1.29, 1.82) is 0 Å². The van der Waals surface area contributed by atoms with Crippen LogP contribution in [0.5, 0.6) is 0 Å². The predicted molar refractivity (Wildman–Crippen MR) is 171 cm³/mol.